The second-order valence-corrected chi connectivity index (χ2v) is 4.42. The lowest BCUT2D eigenvalue weighted by Crippen LogP contribution is -2.44. The van der Waals surface area contributed by atoms with Crippen LogP contribution in [-0.4, -0.2) is 6.04 Å². The van der Waals surface area contributed by atoms with E-state index < -0.39 is 0 Å². The molecule has 1 rings (SSSR count). The molecule has 1 aliphatic carbocycles. The highest BCUT2D eigenvalue weighted by atomic mass is 15.2. The summed E-state index contributed by atoms with van der Waals surface area (Å²) in [4.78, 5) is 0. The minimum Gasteiger partial charge on any atom is -0.271 e. The zero-order valence-corrected chi connectivity index (χ0v) is 8.84. The van der Waals surface area contributed by atoms with Crippen LogP contribution in [0.1, 0.15) is 39.5 Å². The van der Waals surface area contributed by atoms with E-state index in [9.17, 15) is 0 Å². The Hall–Kier alpha value is -0.340. The third kappa shape index (κ3) is 2.55. The van der Waals surface area contributed by atoms with Gasteiger partial charge in [-0.2, -0.15) is 0 Å². The smallest absolute Gasteiger partial charge is 0.0445 e. The van der Waals surface area contributed by atoms with Gasteiger partial charge in [-0.25, -0.2) is 0 Å². The van der Waals surface area contributed by atoms with Gasteiger partial charge in [0.1, 0.15) is 0 Å². The van der Waals surface area contributed by atoms with Crippen LogP contribution in [0.2, 0.25) is 0 Å². The van der Waals surface area contributed by atoms with Crippen molar-refractivity contribution in [1.29, 1.82) is 0 Å². The first kappa shape index (κ1) is 10.7. The lowest BCUT2D eigenvalue weighted by molar-refractivity contribution is 0.212. The molecule has 3 N–H and O–H groups in total. The summed E-state index contributed by atoms with van der Waals surface area (Å²) >= 11 is 0. The molecular formula is C11H22N2. The SMILES string of the molecule is C=C(C)C(NN)C1CCCCC1C. The van der Waals surface area contributed by atoms with Gasteiger partial charge >= 0.3 is 0 Å². The Balaban J connectivity index is 2.60. The minimum absolute atomic E-state index is 0.315. The molecule has 1 saturated carbocycles. The van der Waals surface area contributed by atoms with Crippen LogP contribution in [0.3, 0.4) is 0 Å². The molecule has 3 atom stereocenters. The topological polar surface area (TPSA) is 38.0 Å². The maximum Gasteiger partial charge on any atom is 0.0445 e. The molecule has 0 bridgehead atoms. The second kappa shape index (κ2) is 4.77. The van der Waals surface area contributed by atoms with E-state index in [1.54, 1.807) is 0 Å². The van der Waals surface area contributed by atoms with Crippen molar-refractivity contribution < 1.29 is 0 Å². The number of rotatable bonds is 3. The molecule has 2 heteroatoms. The largest absolute Gasteiger partial charge is 0.271 e. The lowest BCUT2D eigenvalue weighted by Gasteiger charge is -2.35. The number of nitrogens with one attached hydrogen (secondary N) is 1. The summed E-state index contributed by atoms with van der Waals surface area (Å²) < 4.78 is 0. The number of nitrogens with two attached hydrogens (primary N) is 1. The predicted octanol–water partition coefficient (Wildman–Crippen LogP) is 2.22. The van der Waals surface area contributed by atoms with Crippen LogP contribution in [0, 0.1) is 11.8 Å². The highest BCUT2D eigenvalue weighted by molar-refractivity contribution is 5.05. The van der Waals surface area contributed by atoms with Crippen molar-refractivity contribution in [2.24, 2.45) is 17.7 Å². The quantitative estimate of drug-likeness (QED) is 0.399. The van der Waals surface area contributed by atoms with Gasteiger partial charge in [0.05, 0.1) is 0 Å². The Kier molecular flexibility index (Phi) is 3.94. The standard InChI is InChI=1S/C11H22N2/c1-8(2)11(13-12)10-7-5-4-6-9(10)3/h9-11,13H,1,4-7,12H2,2-3H3. The summed E-state index contributed by atoms with van der Waals surface area (Å²) in [6.45, 7) is 8.39. The van der Waals surface area contributed by atoms with Gasteiger partial charge in [-0.1, -0.05) is 38.3 Å². The predicted molar refractivity (Wildman–Crippen MR) is 57.0 cm³/mol. The van der Waals surface area contributed by atoms with E-state index in [-0.39, 0.29) is 0 Å². The fourth-order valence-corrected chi connectivity index (χ4v) is 2.47. The highest BCUT2D eigenvalue weighted by Gasteiger charge is 2.28. The van der Waals surface area contributed by atoms with Crippen molar-refractivity contribution in [1.82, 2.24) is 5.43 Å². The summed E-state index contributed by atoms with van der Waals surface area (Å²) in [7, 11) is 0. The van der Waals surface area contributed by atoms with Crippen molar-refractivity contribution in [2.45, 2.75) is 45.6 Å². The van der Waals surface area contributed by atoms with E-state index in [1.807, 2.05) is 0 Å². The van der Waals surface area contributed by atoms with Crippen LogP contribution in [0.15, 0.2) is 12.2 Å². The van der Waals surface area contributed by atoms with Gasteiger partial charge in [0, 0.05) is 6.04 Å². The molecule has 1 fully saturated rings. The van der Waals surface area contributed by atoms with Crippen molar-refractivity contribution in [3.63, 3.8) is 0 Å². The summed E-state index contributed by atoms with van der Waals surface area (Å²) in [5, 5.41) is 0. The average molecular weight is 182 g/mol. The third-order valence-corrected chi connectivity index (χ3v) is 3.32. The monoisotopic (exact) mass is 182 g/mol. The molecule has 0 heterocycles. The van der Waals surface area contributed by atoms with Crippen LogP contribution < -0.4 is 11.3 Å². The van der Waals surface area contributed by atoms with Crippen molar-refractivity contribution in [3.8, 4) is 0 Å². The highest BCUT2D eigenvalue weighted by Crippen LogP contribution is 2.33. The van der Waals surface area contributed by atoms with Crippen LogP contribution in [0.25, 0.3) is 0 Å². The Morgan fingerprint density at radius 1 is 1.46 bits per heavy atom. The molecule has 0 amide bonds. The number of hydrazine groups is 1. The van der Waals surface area contributed by atoms with Crippen LogP contribution in [0.5, 0.6) is 0 Å². The van der Waals surface area contributed by atoms with Gasteiger partial charge in [-0.15, -0.1) is 0 Å². The van der Waals surface area contributed by atoms with Crippen molar-refractivity contribution in [3.05, 3.63) is 12.2 Å². The molecule has 1 aliphatic rings. The van der Waals surface area contributed by atoms with E-state index >= 15 is 0 Å². The van der Waals surface area contributed by atoms with Gasteiger partial charge in [-0.3, -0.25) is 11.3 Å². The molecule has 0 radical (unpaired) electrons. The molecule has 0 aromatic carbocycles. The maximum absolute atomic E-state index is 5.56. The van der Waals surface area contributed by atoms with Crippen LogP contribution in [-0.2, 0) is 0 Å². The molecule has 0 aromatic rings. The molecule has 2 nitrogen and oxygen atoms in total. The van der Waals surface area contributed by atoms with E-state index in [0.29, 0.717) is 12.0 Å². The number of hydrogen-bond acceptors (Lipinski definition) is 2. The zero-order chi connectivity index (χ0) is 9.84. The fraction of sp³-hybridized carbons (Fsp3) is 0.818. The van der Waals surface area contributed by atoms with Crippen LogP contribution in [0.4, 0.5) is 0 Å². The van der Waals surface area contributed by atoms with E-state index in [0.717, 1.165) is 5.92 Å². The normalized spacial score (nSPS) is 31.3. The average Bonchev–Trinajstić information content (AvgIpc) is 2.09. The molecule has 3 unspecified atom stereocenters. The van der Waals surface area contributed by atoms with Gasteiger partial charge in [0.25, 0.3) is 0 Å². The van der Waals surface area contributed by atoms with Gasteiger partial charge in [-0.05, 0) is 25.2 Å². The second-order valence-electron chi connectivity index (χ2n) is 4.42. The summed E-state index contributed by atoms with van der Waals surface area (Å²) in [5.41, 5.74) is 4.07. The van der Waals surface area contributed by atoms with Crippen molar-refractivity contribution >= 4 is 0 Å². The molecule has 76 valence electrons. The minimum atomic E-state index is 0.315. The summed E-state index contributed by atoms with van der Waals surface area (Å²) in [6, 6.07) is 0.315. The number of hydrogen-bond donors (Lipinski definition) is 2. The first-order chi connectivity index (χ1) is 6.16. The van der Waals surface area contributed by atoms with Crippen molar-refractivity contribution in [2.75, 3.05) is 0 Å². The Bertz CT molecular complexity index is 177. The molecule has 0 saturated heterocycles. The Morgan fingerprint density at radius 2 is 2.08 bits per heavy atom. The van der Waals surface area contributed by atoms with Gasteiger partial charge < -0.3 is 0 Å². The van der Waals surface area contributed by atoms with E-state index in [1.165, 1.54) is 31.3 Å². The first-order valence-electron chi connectivity index (χ1n) is 5.28. The molecule has 13 heavy (non-hydrogen) atoms. The van der Waals surface area contributed by atoms with Crippen LogP contribution >= 0.6 is 0 Å². The van der Waals surface area contributed by atoms with E-state index in [2.05, 4.69) is 25.9 Å². The van der Waals surface area contributed by atoms with Gasteiger partial charge in [0.2, 0.25) is 0 Å². The molecule has 0 aliphatic heterocycles. The Morgan fingerprint density at radius 3 is 2.54 bits per heavy atom. The maximum atomic E-state index is 5.56. The molecular weight excluding hydrogens is 160 g/mol. The fourth-order valence-electron chi connectivity index (χ4n) is 2.47. The van der Waals surface area contributed by atoms with E-state index in [4.69, 9.17) is 5.84 Å². The third-order valence-electron chi connectivity index (χ3n) is 3.32. The zero-order valence-electron chi connectivity index (χ0n) is 8.84. The first-order valence-corrected chi connectivity index (χ1v) is 5.28. The van der Waals surface area contributed by atoms with Gasteiger partial charge in [0.15, 0.2) is 0 Å². The molecule has 0 aromatic heterocycles. The lowest BCUT2D eigenvalue weighted by atomic mass is 9.75. The summed E-state index contributed by atoms with van der Waals surface area (Å²) in [6.07, 6.45) is 5.37. The Labute approximate surface area is 81.6 Å². The summed E-state index contributed by atoms with van der Waals surface area (Å²) in [5.74, 6) is 7.03. The molecule has 0 spiro atoms.